The van der Waals surface area contributed by atoms with E-state index in [0.29, 0.717) is 10.0 Å². The molecule has 0 radical (unpaired) electrons. The minimum Gasteiger partial charge on any atom is -0.220 e. The average Bonchev–Trinajstić information content (AvgIpc) is 3.19. The first-order chi connectivity index (χ1) is 12.7. The Morgan fingerprint density at radius 3 is 2.27 bits per heavy atom. The number of nitrogens with zero attached hydrogens (tertiary/aromatic N) is 4. The highest BCUT2D eigenvalue weighted by atomic mass is 79.9. The minimum absolute atomic E-state index is 0.313. The summed E-state index contributed by atoms with van der Waals surface area (Å²) in [6, 6.07) is 22.7. The molecule has 3 aromatic carbocycles. The molecule has 6 heteroatoms. The highest BCUT2D eigenvalue weighted by Crippen LogP contribution is 2.30. The van der Waals surface area contributed by atoms with Crippen LogP contribution in [-0.4, -0.2) is 20.2 Å². The summed E-state index contributed by atoms with van der Waals surface area (Å²) in [4.78, 5) is 0. The molecule has 4 rings (SSSR count). The normalized spacial score (nSPS) is 12.1. The van der Waals surface area contributed by atoms with Gasteiger partial charge in [-0.3, -0.25) is 0 Å². The fourth-order valence-electron chi connectivity index (χ4n) is 2.97. The third kappa shape index (κ3) is 3.28. The molecule has 1 heterocycles. The smallest absolute Gasteiger partial charge is 0.139 e. The van der Waals surface area contributed by atoms with Crippen molar-refractivity contribution in [3.63, 3.8) is 0 Å². The van der Waals surface area contributed by atoms with Crippen LogP contribution in [0.2, 0.25) is 0 Å². The van der Waals surface area contributed by atoms with E-state index < -0.39 is 6.04 Å². The first-order valence-electron chi connectivity index (χ1n) is 8.05. The van der Waals surface area contributed by atoms with Crippen molar-refractivity contribution in [1.82, 2.24) is 20.2 Å². The van der Waals surface area contributed by atoms with Crippen molar-refractivity contribution in [3.8, 4) is 11.1 Å². The fourth-order valence-corrected chi connectivity index (χ4v) is 3.31. The molecule has 0 N–H and O–H groups in total. The van der Waals surface area contributed by atoms with Gasteiger partial charge in [0.1, 0.15) is 18.2 Å². The van der Waals surface area contributed by atoms with Gasteiger partial charge in [-0.2, -0.15) is 0 Å². The van der Waals surface area contributed by atoms with E-state index in [2.05, 4.69) is 43.6 Å². The van der Waals surface area contributed by atoms with Crippen LogP contribution in [-0.2, 0) is 0 Å². The van der Waals surface area contributed by atoms with E-state index in [1.54, 1.807) is 10.7 Å². The van der Waals surface area contributed by atoms with E-state index in [9.17, 15) is 4.39 Å². The maximum absolute atomic E-state index is 14.6. The summed E-state index contributed by atoms with van der Waals surface area (Å²) < 4.78 is 16.9. The van der Waals surface area contributed by atoms with Crippen LogP contribution in [0.5, 0.6) is 0 Å². The molecule has 0 fully saturated rings. The Morgan fingerprint density at radius 2 is 1.62 bits per heavy atom. The zero-order valence-corrected chi connectivity index (χ0v) is 15.2. The standard InChI is InChI=1S/C20H14BrFN4/c21-17-10-11-18(19(22)12-17)20(26-13-23-24-25-26)16-8-6-15(7-9-16)14-4-2-1-3-5-14/h1-13,20H. The molecule has 0 amide bonds. The van der Waals surface area contributed by atoms with Gasteiger partial charge in [-0.25, -0.2) is 9.07 Å². The highest BCUT2D eigenvalue weighted by molar-refractivity contribution is 9.10. The minimum atomic E-state index is -0.442. The van der Waals surface area contributed by atoms with Crippen molar-refractivity contribution < 1.29 is 4.39 Å². The molecule has 0 spiro atoms. The molecular weight excluding hydrogens is 395 g/mol. The molecule has 4 nitrogen and oxygen atoms in total. The number of rotatable bonds is 4. The van der Waals surface area contributed by atoms with E-state index in [1.807, 2.05) is 48.5 Å². The summed E-state index contributed by atoms with van der Waals surface area (Å²) in [5.74, 6) is -0.313. The SMILES string of the molecule is Fc1cc(Br)ccc1C(c1ccc(-c2ccccc2)cc1)n1cnnn1. The van der Waals surface area contributed by atoms with Crippen LogP contribution in [0, 0.1) is 5.82 Å². The predicted molar refractivity (Wildman–Crippen MR) is 101 cm³/mol. The maximum Gasteiger partial charge on any atom is 0.139 e. The first-order valence-corrected chi connectivity index (χ1v) is 8.84. The van der Waals surface area contributed by atoms with E-state index in [4.69, 9.17) is 0 Å². The third-order valence-corrected chi connectivity index (χ3v) is 4.71. The van der Waals surface area contributed by atoms with Crippen molar-refractivity contribution in [1.29, 1.82) is 0 Å². The number of benzene rings is 3. The van der Waals surface area contributed by atoms with Gasteiger partial charge in [0.05, 0.1) is 0 Å². The molecular formula is C20H14BrFN4. The van der Waals surface area contributed by atoms with Gasteiger partial charge >= 0.3 is 0 Å². The van der Waals surface area contributed by atoms with Gasteiger partial charge in [0.2, 0.25) is 0 Å². The number of halogens is 2. The molecule has 1 atom stereocenters. The van der Waals surface area contributed by atoms with Crippen LogP contribution in [0.4, 0.5) is 4.39 Å². The summed E-state index contributed by atoms with van der Waals surface area (Å²) >= 11 is 3.30. The van der Waals surface area contributed by atoms with E-state index in [0.717, 1.165) is 16.7 Å². The molecule has 0 aliphatic heterocycles. The van der Waals surface area contributed by atoms with Crippen LogP contribution in [0.1, 0.15) is 17.2 Å². The van der Waals surface area contributed by atoms with Crippen LogP contribution in [0.25, 0.3) is 11.1 Å². The number of tetrazole rings is 1. The lowest BCUT2D eigenvalue weighted by Crippen LogP contribution is -2.15. The van der Waals surface area contributed by atoms with Gasteiger partial charge in [-0.15, -0.1) is 5.10 Å². The van der Waals surface area contributed by atoms with Crippen molar-refractivity contribution in [2.75, 3.05) is 0 Å². The molecule has 0 saturated carbocycles. The Morgan fingerprint density at radius 1 is 0.885 bits per heavy atom. The molecule has 0 bridgehead atoms. The van der Waals surface area contributed by atoms with Crippen LogP contribution in [0.3, 0.4) is 0 Å². The Hall–Kier alpha value is -2.86. The van der Waals surface area contributed by atoms with Crippen molar-refractivity contribution >= 4 is 15.9 Å². The van der Waals surface area contributed by atoms with E-state index in [1.165, 1.54) is 12.4 Å². The lowest BCUT2D eigenvalue weighted by atomic mass is 9.96. The number of hydrogen-bond acceptors (Lipinski definition) is 3. The Bertz CT molecular complexity index is 1000. The molecule has 0 aliphatic rings. The van der Waals surface area contributed by atoms with Crippen molar-refractivity contribution in [3.05, 3.63) is 101 Å². The van der Waals surface area contributed by atoms with Crippen LogP contribution in [0.15, 0.2) is 83.6 Å². The summed E-state index contributed by atoms with van der Waals surface area (Å²) in [5, 5.41) is 11.4. The summed E-state index contributed by atoms with van der Waals surface area (Å²) in [6.07, 6.45) is 1.50. The summed E-state index contributed by atoms with van der Waals surface area (Å²) in [5.41, 5.74) is 3.64. The van der Waals surface area contributed by atoms with E-state index in [-0.39, 0.29) is 5.82 Å². The predicted octanol–water partition coefficient (Wildman–Crippen LogP) is 4.88. The highest BCUT2D eigenvalue weighted by Gasteiger charge is 2.21. The molecule has 1 unspecified atom stereocenters. The first kappa shape index (κ1) is 16.6. The molecule has 0 aliphatic carbocycles. The zero-order chi connectivity index (χ0) is 17.9. The lowest BCUT2D eigenvalue weighted by molar-refractivity contribution is 0.529. The quantitative estimate of drug-likeness (QED) is 0.483. The molecule has 1 aromatic heterocycles. The molecule has 26 heavy (non-hydrogen) atoms. The average molecular weight is 409 g/mol. The topological polar surface area (TPSA) is 43.6 Å². The summed E-state index contributed by atoms with van der Waals surface area (Å²) in [7, 11) is 0. The van der Waals surface area contributed by atoms with Crippen molar-refractivity contribution in [2.45, 2.75) is 6.04 Å². The van der Waals surface area contributed by atoms with Gasteiger partial charge in [0.15, 0.2) is 0 Å². The lowest BCUT2D eigenvalue weighted by Gasteiger charge is -2.18. The molecule has 128 valence electrons. The Kier molecular flexibility index (Phi) is 4.58. The van der Waals surface area contributed by atoms with Gasteiger partial charge in [-0.1, -0.05) is 76.6 Å². The Balaban J connectivity index is 1.78. The van der Waals surface area contributed by atoms with E-state index >= 15 is 0 Å². The monoisotopic (exact) mass is 408 g/mol. The second-order valence-corrected chi connectivity index (χ2v) is 6.76. The fraction of sp³-hybridized carbons (Fsp3) is 0.0500. The number of aromatic nitrogens is 4. The largest absolute Gasteiger partial charge is 0.220 e. The van der Waals surface area contributed by atoms with Gasteiger partial charge < -0.3 is 0 Å². The maximum atomic E-state index is 14.6. The molecule has 4 aromatic rings. The van der Waals surface area contributed by atoms with Crippen molar-refractivity contribution in [2.24, 2.45) is 0 Å². The van der Waals surface area contributed by atoms with Gasteiger partial charge in [-0.05, 0) is 39.2 Å². The van der Waals surface area contributed by atoms with Gasteiger partial charge in [0, 0.05) is 10.0 Å². The second-order valence-electron chi connectivity index (χ2n) is 5.85. The number of hydrogen-bond donors (Lipinski definition) is 0. The molecule has 0 saturated heterocycles. The van der Waals surface area contributed by atoms with Crippen LogP contribution < -0.4 is 0 Å². The third-order valence-electron chi connectivity index (χ3n) is 4.22. The van der Waals surface area contributed by atoms with Gasteiger partial charge in [0.25, 0.3) is 0 Å². The zero-order valence-electron chi connectivity index (χ0n) is 13.6. The second kappa shape index (κ2) is 7.17. The Labute approximate surface area is 158 Å². The summed E-state index contributed by atoms with van der Waals surface area (Å²) in [6.45, 7) is 0. The van der Waals surface area contributed by atoms with Crippen LogP contribution >= 0.6 is 15.9 Å².